The van der Waals surface area contributed by atoms with Crippen LogP contribution in [0.1, 0.15) is 37.5 Å². The first-order valence-electron chi connectivity index (χ1n) is 7.51. The van der Waals surface area contributed by atoms with Crippen molar-refractivity contribution in [1.82, 2.24) is 4.72 Å². The van der Waals surface area contributed by atoms with Gasteiger partial charge in [-0.3, -0.25) is 0 Å². The Kier molecular flexibility index (Phi) is 5.24. The van der Waals surface area contributed by atoms with Gasteiger partial charge in [0.05, 0.1) is 11.5 Å². The normalized spacial score (nSPS) is 12.3. The third-order valence-electron chi connectivity index (χ3n) is 3.68. The zero-order valence-corrected chi connectivity index (χ0v) is 14.5. The van der Waals surface area contributed by atoms with E-state index < -0.39 is 10.0 Å². The average molecular weight is 333 g/mol. The predicted octanol–water partition coefficient (Wildman–Crippen LogP) is 2.95. The second-order valence-corrected chi connectivity index (χ2v) is 8.34. The van der Waals surface area contributed by atoms with Crippen molar-refractivity contribution in [3.8, 4) is 0 Å². The minimum absolute atomic E-state index is 0.0228. The molecule has 2 N–H and O–H groups in total. The molecule has 0 aliphatic carbocycles. The molecule has 0 fully saturated rings. The van der Waals surface area contributed by atoms with Crippen LogP contribution < -0.4 is 4.72 Å². The lowest BCUT2D eigenvalue weighted by molar-refractivity contribution is 0.282. The van der Waals surface area contributed by atoms with Gasteiger partial charge in [0.1, 0.15) is 0 Å². The van der Waals surface area contributed by atoms with E-state index in [4.69, 9.17) is 5.11 Å². The summed E-state index contributed by atoms with van der Waals surface area (Å²) in [6.07, 6.45) is 0. The molecule has 124 valence electrons. The zero-order valence-electron chi connectivity index (χ0n) is 13.7. The Morgan fingerprint density at radius 2 is 1.65 bits per heavy atom. The quantitative estimate of drug-likeness (QED) is 0.884. The van der Waals surface area contributed by atoms with Crippen LogP contribution in [0.2, 0.25) is 0 Å². The summed E-state index contributed by atoms with van der Waals surface area (Å²) in [5, 5.41) is 9.01. The molecule has 0 amide bonds. The largest absolute Gasteiger partial charge is 0.392 e. The molecule has 23 heavy (non-hydrogen) atoms. The highest BCUT2D eigenvalue weighted by Gasteiger charge is 2.16. The van der Waals surface area contributed by atoms with Crippen LogP contribution in [0.4, 0.5) is 0 Å². The number of hydrogen-bond acceptors (Lipinski definition) is 3. The predicted molar refractivity (Wildman–Crippen MR) is 91.5 cm³/mol. The summed E-state index contributed by atoms with van der Waals surface area (Å²) in [6.45, 7) is 6.51. The molecular formula is C18H23NO3S. The van der Waals surface area contributed by atoms with Gasteiger partial charge >= 0.3 is 0 Å². The van der Waals surface area contributed by atoms with Gasteiger partial charge in [-0.1, -0.05) is 57.2 Å². The summed E-state index contributed by atoms with van der Waals surface area (Å²) >= 11 is 0. The zero-order chi connectivity index (χ0) is 17.1. The molecule has 0 unspecified atom stereocenters. The molecule has 0 atom stereocenters. The second kappa shape index (κ2) is 6.83. The van der Waals surface area contributed by atoms with E-state index in [1.54, 1.807) is 12.1 Å². The highest BCUT2D eigenvalue weighted by atomic mass is 32.2. The lowest BCUT2D eigenvalue weighted by Crippen LogP contribution is -2.23. The average Bonchev–Trinajstić information content (AvgIpc) is 2.52. The molecule has 5 heteroatoms. The number of aliphatic hydroxyl groups is 1. The van der Waals surface area contributed by atoms with Crippen LogP contribution in [0.5, 0.6) is 0 Å². The van der Waals surface area contributed by atoms with Crippen molar-refractivity contribution in [3.63, 3.8) is 0 Å². The monoisotopic (exact) mass is 333 g/mol. The number of sulfonamides is 1. The number of benzene rings is 2. The van der Waals surface area contributed by atoms with Gasteiger partial charge in [0, 0.05) is 6.54 Å². The molecule has 0 saturated carbocycles. The van der Waals surface area contributed by atoms with Gasteiger partial charge in [-0.25, -0.2) is 13.1 Å². The fourth-order valence-corrected chi connectivity index (χ4v) is 3.20. The molecule has 0 spiro atoms. The van der Waals surface area contributed by atoms with Gasteiger partial charge in [-0.2, -0.15) is 0 Å². The minimum Gasteiger partial charge on any atom is -0.392 e. The van der Waals surface area contributed by atoms with Crippen LogP contribution in [-0.2, 0) is 28.6 Å². The van der Waals surface area contributed by atoms with E-state index in [2.05, 4.69) is 25.5 Å². The maximum absolute atomic E-state index is 12.3. The van der Waals surface area contributed by atoms with Crippen LogP contribution in [0.25, 0.3) is 0 Å². The Morgan fingerprint density at radius 3 is 2.22 bits per heavy atom. The SMILES string of the molecule is CC(C)(C)c1cccc(CNS(=O)(=O)c2ccc(CO)cc2)c1. The van der Waals surface area contributed by atoms with E-state index in [9.17, 15) is 8.42 Å². The number of hydrogen-bond donors (Lipinski definition) is 2. The first kappa shape index (κ1) is 17.7. The van der Waals surface area contributed by atoms with Crippen molar-refractivity contribution in [1.29, 1.82) is 0 Å². The van der Waals surface area contributed by atoms with Gasteiger partial charge in [-0.05, 0) is 34.2 Å². The van der Waals surface area contributed by atoms with Crippen LogP contribution >= 0.6 is 0 Å². The van der Waals surface area contributed by atoms with Crippen molar-refractivity contribution >= 4 is 10.0 Å². The third kappa shape index (κ3) is 4.64. The molecule has 0 bridgehead atoms. The van der Waals surface area contributed by atoms with Gasteiger partial charge in [0.2, 0.25) is 10.0 Å². The highest BCUT2D eigenvalue weighted by molar-refractivity contribution is 7.89. The maximum atomic E-state index is 12.3. The Morgan fingerprint density at radius 1 is 1.00 bits per heavy atom. The van der Waals surface area contributed by atoms with Crippen LogP contribution in [0.15, 0.2) is 53.4 Å². The van der Waals surface area contributed by atoms with E-state index in [0.29, 0.717) is 5.56 Å². The molecule has 2 aromatic carbocycles. The fraction of sp³-hybridized carbons (Fsp3) is 0.333. The third-order valence-corrected chi connectivity index (χ3v) is 5.09. The van der Waals surface area contributed by atoms with Crippen molar-refractivity contribution < 1.29 is 13.5 Å². The summed E-state index contributed by atoms with van der Waals surface area (Å²) in [7, 11) is -3.56. The van der Waals surface area contributed by atoms with E-state index in [1.807, 2.05) is 24.3 Å². The second-order valence-electron chi connectivity index (χ2n) is 6.58. The van der Waals surface area contributed by atoms with Crippen molar-refractivity contribution in [2.24, 2.45) is 0 Å². The van der Waals surface area contributed by atoms with E-state index in [1.165, 1.54) is 17.7 Å². The van der Waals surface area contributed by atoms with Crippen molar-refractivity contribution in [2.45, 2.75) is 44.2 Å². The summed E-state index contributed by atoms with van der Waals surface area (Å²) in [4.78, 5) is 0.196. The minimum atomic E-state index is -3.56. The maximum Gasteiger partial charge on any atom is 0.240 e. The first-order valence-corrected chi connectivity index (χ1v) is 8.99. The molecule has 2 aromatic rings. The van der Waals surface area contributed by atoms with Crippen LogP contribution in [-0.4, -0.2) is 13.5 Å². The van der Waals surface area contributed by atoms with Crippen LogP contribution in [0.3, 0.4) is 0 Å². The summed E-state index contributed by atoms with van der Waals surface area (Å²) in [5.74, 6) is 0. The molecule has 0 aromatic heterocycles. The molecule has 0 heterocycles. The number of rotatable bonds is 5. The standard InChI is InChI=1S/C18H23NO3S/c1-18(2,3)16-6-4-5-15(11-16)12-19-23(21,22)17-9-7-14(13-20)8-10-17/h4-11,19-20H,12-13H2,1-3H3. The summed E-state index contributed by atoms with van der Waals surface area (Å²) in [6, 6.07) is 14.1. The Balaban J connectivity index is 2.13. The molecule has 4 nitrogen and oxygen atoms in total. The lowest BCUT2D eigenvalue weighted by atomic mass is 9.86. The van der Waals surface area contributed by atoms with Gasteiger partial charge in [0.15, 0.2) is 0 Å². The molecular weight excluding hydrogens is 310 g/mol. The van der Waals surface area contributed by atoms with Crippen LogP contribution in [0, 0.1) is 0 Å². The first-order chi connectivity index (χ1) is 10.7. The van der Waals surface area contributed by atoms with E-state index >= 15 is 0 Å². The Hall–Kier alpha value is -1.69. The number of aliphatic hydroxyl groups excluding tert-OH is 1. The van der Waals surface area contributed by atoms with Gasteiger partial charge < -0.3 is 5.11 Å². The summed E-state index contributed by atoms with van der Waals surface area (Å²) in [5.41, 5.74) is 2.80. The molecule has 0 aliphatic rings. The van der Waals surface area contributed by atoms with Crippen molar-refractivity contribution in [3.05, 3.63) is 65.2 Å². The fourth-order valence-electron chi connectivity index (χ4n) is 2.18. The highest BCUT2D eigenvalue weighted by Crippen LogP contribution is 2.23. The Labute approximate surface area is 138 Å². The lowest BCUT2D eigenvalue weighted by Gasteiger charge is -2.19. The smallest absolute Gasteiger partial charge is 0.240 e. The molecule has 0 aliphatic heterocycles. The molecule has 0 radical (unpaired) electrons. The van der Waals surface area contributed by atoms with Gasteiger partial charge in [-0.15, -0.1) is 0 Å². The topological polar surface area (TPSA) is 66.4 Å². The Bertz CT molecular complexity index is 760. The van der Waals surface area contributed by atoms with E-state index in [0.717, 1.165) is 5.56 Å². The summed E-state index contributed by atoms with van der Waals surface area (Å²) < 4.78 is 27.2. The van der Waals surface area contributed by atoms with Crippen molar-refractivity contribution in [2.75, 3.05) is 0 Å². The molecule has 2 rings (SSSR count). The van der Waals surface area contributed by atoms with E-state index in [-0.39, 0.29) is 23.5 Å². The molecule has 0 saturated heterocycles. The van der Waals surface area contributed by atoms with Gasteiger partial charge in [0.25, 0.3) is 0 Å². The number of nitrogens with one attached hydrogen (secondary N) is 1.